The van der Waals surface area contributed by atoms with Crippen LogP contribution in [-0.2, 0) is 38.5 Å². The summed E-state index contributed by atoms with van der Waals surface area (Å²) in [5.41, 5.74) is 39.5. The third kappa shape index (κ3) is 22.2. The zero-order valence-electron chi connectivity index (χ0n) is 79.0. The first-order valence-corrected chi connectivity index (χ1v) is 46.3. The quantitative estimate of drug-likeness (QED) is 0.105. The Morgan fingerprint density at radius 2 is 0.328 bits per heavy atom. The molecular weight excluding hydrogens is 1540 g/mol. The second-order valence-corrected chi connectivity index (χ2v) is 37.1. The molecular formula is C128H126. The van der Waals surface area contributed by atoms with Gasteiger partial charge >= 0.3 is 0 Å². The highest BCUT2D eigenvalue weighted by Gasteiger charge is 2.19. The van der Waals surface area contributed by atoms with Crippen molar-refractivity contribution in [2.24, 2.45) is 0 Å². The average Bonchev–Trinajstić information content (AvgIpc) is 1.64. The van der Waals surface area contributed by atoms with Crippen LogP contribution in [0.5, 0.6) is 0 Å². The van der Waals surface area contributed by atoms with Crippen molar-refractivity contribution in [2.75, 3.05) is 0 Å². The van der Waals surface area contributed by atoms with Crippen LogP contribution in [0, 0.1) is 125 Å². The fourth-order valence-electron chi connectivity index (χ4n) is 18.9. The number of aryl methyl sites for hydroxylation is 22. The molecule has 0 bridgehead atoms. The minimum Gasteiger partial charge on any atom is -0.0616 e. The molecule has 0 amide bonds. The molecule has 20 aromatic carbocycles. The molecule has 0 aromatic heterocycles. The minimum atomic E-state index is 1.19. The third-order valence-corrected chi connectivity index (χ3v) is 26.0. The molecule has 128 heavy (non-hydrogen) atoms. The van der Waals surface area contributed by atoms with Crippen molar-refractivity contribution in [3.63, 3.8) is 0 Å². The molecule has 0 atom stereocenters. The smallest absolute Gasteiger partial charge is 0.0105 e. The van der Waals surface area contributed by atoms with Crippen LogP contribution in [0.3, 0.4) is 0 Å². The predicted octanol–water partition coefficient (Wildman–Crippen LogP) is 35.5. The van der Waals surface area contributed by atoms with Crippen LogP contribution in [0.4, 0.5) is 0 Å². The lowest BCUT2D eigenvalue weighted by molar-refractivity contribution is 0.678. The van der Waals surface area contributed by atoms with Gasteiger partial charge in [-0.25, -0.2) is 0 Å². The van der Waals surface area contributed by atoms with E-state index in [1.807, 2.05) is 0 Å². The topological polar surface area (TPSA) is 0 Å². The first-order chi connectivity index (χ1) is 61.7. The van der Waals surface area contributed by atoms with Crippen LogP contribution in [0.25, 0.3) is 119 Å². The van der Waals surface area contributed by atoms with E-state index in [4.69, 9.17) is 0 Å². The van der Waals surface area contributed by atoms with Crippen molar-refractivity contribution < 1.29 is 0 Å². The van der Waals surface area contributed by atoms with Crippen LogP contribution in [-0.4, -0.2) is 0 Å². The SMILES string of the molecule is Cc1ccc(C)c2c1CCCC2.Cc1ccc(C)c2ccccc12.Cc1ccc2c(c1)CCc1cc(C)ccc1-2.Cc1ccc2c(c1)CCc1cc(C)ccc1-2.Cc1ccc2c(ccc3cc(C)ccc32)c1.Cc1ccc2cc(C)ccc2c1.Cc1ccc2cc3cc(C)ccc3cc2c1.Cc1ccc2cc3ccc(C)cc3cc2c1.Cc1ccc2ccc(C)cc2c1. The summed E-state index contributed by atoms with van der Waals surface area (Å²) in [6, 6.07) is 124. The van der Waals surface area contributed by atoms with Crippen LogP contribution < -0.4 is 0 Å². The lowest BCUT2D eigenvalue weighted by atomic mass is 9.84. The molecule has 0 saturated carbocycles. The standard InChI is InChI=1S/2C16H16.3C16H14.2C12H12.C12H16.C12H12/c3*1-11-3-7-15-13(9-11)5-6-14-10-12(2)4-8-16(14)15;1-11-3-5-13-10-16-8-12(2)4-6-14(16)9-15(13)7-11;1-11-3-5-13-9-14-6-4-12(2)8-16(14)10-15(13)7-11;1-9-3-5-12-8-10(2)4-6-11(12)7-9;1-9-3-5-11-6-4-10(2)8-12(11)7-9;2*1-9-7-8-10(2)12-6-4-3-5-11(9)12/h2*3-4,7-10H,5-6H2,1-2H3;3*3-10H,1-2H3;2*3-8H,1-2H3;7-8H,3-6H2,1-2H3;3-8H,1-2H3. The molecule has 0 heterocycles. The van der Waals surface area contributed by atoms with Crippen LogP contribution >= 0.6 is 0 Å². The maximum atomic E-state index is 2.33. The van der Waals surface area contributed by atoms with Gasteiger partial charge in [0.1, 0.15) is 0 Å². The lowest BCUT2D eigenvalue weighted by Crippen LogP contribution is -2.06. The molecule has 0 radical (unpaired) electrons. The van der Waals surface area contributed by atoms with Gasteiger partial charge in [0.25, 0.3) is 0 Å². The van der Waals surface area contributed by atoms with E-state index < -0.39 is 0 Å². The fraction of sp³-hybridized carbons (Fsp3) is 0.203. The van der Waals surface area contributed by atoms with Gasteiger partial charge in [-0.2, -0.15) is 0 Å². The van der Waals surface area contributed by atoms with Crippen LogP contribution in [0.2, 0.25) is 0 Å². The number of benzene rings is 20. The molecule has 0 heteroatoms. The van der Waals surface area contributed by atoms with Crippen LogP contribution in [0.15, 0.2) is 340 Å². The van der Waals surface area contributed by atoms with E-state index in [2.05, 4.69) is 464 Å². The molecule has 0 unspecified atom stereocenters. The highest BCUT2D eigenvalue weighted by Crippen LogP contribution is 2.38. The molecule has 0 saturated heterocycles. The molecule has 638 valence electrons. The summed E-state index contributed by atoms with van der Waals surface area (Å²) >= 11 is 0. The average molecular weight is 1660 g/mol. The maximum Gasteiger partial charge on any atom is -0.0105 e. The van der Waals surface area contributed by atoms with Gasteiger partial charge in [-0.1, -0.05) is 393 Å². The summed E-state index contributed by atoms with van der Waals surface area (Å²) in [6.07, 6.45) is 10.1. The Bertz CT molecular complexity index is 6910. The fourth-order valence-corrected chi connectivity index (χ4v) is 18.9. The van der Waals surface area contributed by atoms with E-state index in [1.165, 1.54) is 293 Å². The Balaban J connectivity index is 0.000000111. The number of rotatable bonds is 0. The summed E-state index contributed by atoms with van der Waals surface area (Å²) in [5.74, 6) is 0. The van der Waals surface area contributed by atoms with Crippen molar-refractivity contribution >= 4 is 97.0 Å². The Labute approximate surface area is 763 Å². The van der Waals surface area contributed by atoms with Crippen molar-refractivity contribution in [2.45, 2.75) is 176 Å². The van der Waals surface area contributed by atoms with Crippen LogP contribution in [0.1, 0.15) is 146 Å². The summed E-state index contributed by atoms with van der Waals surface area (Å²) in [6.45, 7) is 38.8. The van der Waals surface area contributed by atoms with Gasteiger partial charge in [0.05, 0.1) is 0 Å². The number of fused-ring (bicyclic) bond motifs is 17. The maximum absolute atomic E-state index is 2.33. The highest BCUT2D eigenvalue weighted by atomic mass is 14.2. The number of hydrogen-bond acceptors (Lipinski definition) is 0. The second-order valence-electron chi connectivity index (χ2n) is 37.1. The van der Waals surface area contributed by atoms with Crippen molar-refractivity contribution in [1.29, 1.82) is 0 Å². The first-order valence-electron chi connectivity index (χ1n) is 46.3. The normalized spacial score (nSPS) is 11.9. The third-order valence-electron chi connectivity index (χ3n) is 26.0. The molecule has 3 aliphatic carbocycles. The van der Waals surface area contributed by atoms with Crippen molar-refractivity contribution in [1.82, 2.24) is 0 Å². The highest BCUT2D eigenvalue weighted by molar-refractivity contribution is 6.08. The Kier molecular flexibility index (Phi) is 28.4. The lowest BCUT2D eigenvalue weighted by Gasteiger charge is -2.20. The number of hydrogen-bond donors (Lipinski definition) is 0. The van der Waals surface area contributed by atoms with E-state index in [9.17, 15) is 0 Å². The van der Waals surface area contributed by atoms with E-state index in [1.54, 1.807) is 11.1 Å². The van der Waals surface area contributed by atoms with Crippen molar-refractivity contribution in [3.8, 4) is 22.3 Å². The zero-order valence-corrected chi connectivity index (χ0v) is 79.0. The van der Waals surface area contributed by atoms with E-state index in [0.717, 1.165) is 0 Å². The van der Waals surface area contributed by atoms with Gasteiger partial charge in [-0.05, 0) is 375 Å². The van der Waals surface area contributed by atoms with Gasteiger partial charge < -0.3 is 0 Å². The minimum absolute atomic E-state index is 1.19. The first kappa shape index (κ1) is 89.6. The van der Waals surface area contributed by atoms with Gasteiger partial charge in [0, 0.05) is 0 Å². The Morgan fingerprint density at radius 3 is 0.617 bits per heavy atom. The van der Waals surface area contributed by atoms with E-state index in [0.29, 0.717) is 0 Å². The molecule has 0 N–H and O–H groups in total. The predicted molar refractivity (Wildman–Crippen MR) is 563 cm³/mol. The van der Waals surface area contributed by atoms with Crippen molar-refractivity contribution in [3.05, 3.63) is 473 Å². The Morgan fingerprint density at radius 1 is 0.133 bits per heavy atom. The summed E-state index contributed by atoms with van der Waals surface area (Å²) in [4.78, 5) is 0. The molecule has 0 aliphatic heterocycles. The van der Waals surface area contributed by atoms with Gasteiger partial charge in [0.15, 0.2) is 0 Å². The molecule has 0 nitrogen and oxygen atoms in total. The van der Waals surface area contributed by atoms with E-state index >= 15 is 0 Å². The monoisotopic (exact) mass is 1660 g/mol. The zero-order chi connectivity index (χ0) is 89.8. The van der Waals surface area contributed by atoms with Gasteiger partial charge in [-0.15, -0.1) is 0 Å². The molecule has 3 aliphatic rings. The second kappa shape index (κ2) is 40.6. The van der Waals surface area contributed by atoms with Gasteiger partial charge in [0.2, 0.25) is 0 Å². The summed E-state index contributed by atoms with van der Waals surface area (Å²) in [7, 11) is 0. The largest absolute Gasteiger partial charge is 0.0616 e. The molecule has 0 fully saturated rings. The molecule has 23 rings (SSSR count). The van der Waals surface area contributed by atoms with Gasteiger partial charge in [-0.3, -0.25) is 0 Å². The summed E-state index contributed by atoms with van der Waals surface area (Å²) < 4.78 is 0. The Hall–Kier alpha value is -13.3. The molecule has 20 aromatic rings. The molecule has 0 spiro atoms. The van der Waals surface area contributed by atoms with E-state index in [-0.39, 0.29) is 0 Å². The summed E-state index contributed by atoms with van der Waals surface area (Å²) in [5, 5.41) is 24.1.